The van der Waals surface area contributed by atoms with Crippen LogP contribution in [0.3, 0.4) is 0 Å². The molecule has 0 fully saturated rings. The maximum absolute atomic E-state index is 10.1. The van der Waals surface area contributed by atoms with Crippen molar-refractivity contribution in [2.75, 3.05) is 179 Å². The van der Waals surface area contributed by atoms with Crippen LogP contribution in [-0.2, 0) is 79.4 Å². The summed E-state index contributed by atoms with van der Waals surface area (Å²) in [6, 6.07) is 0. The Kier molecular flexibility index (Phi) is 233. The van der Waals surface area contributed by atoms with Crippen molar-refractivity contribution in [1.82, 2.24) is 19.6 Å². The van der Waals surface area contributed by atoms with Crippen molar-refractivity contribution < 1.29 is 156 Å². The van der Waals surface area contributed by atoms with Gasteiger partial charge in [-0.15, -0.1) is 52.9 Å². The molecule has 31 heteroatoms. The molecule has 0 aromatic carbocycles. The van der Waals surface area contributed by atoms with Crippen molar-refractivity contribution in [1.29, 1.82) is 0 Å². The molecule has 0 aromatic heterocycles. The zero-order valence-corrected chi connectivity index (χ0v) is 46.6. The zero-order valence-electron chi connectivity index (χ0n) is 35.5. The molecule has 0 bridgehead atoms. The van der Waals surface area contributed by atoms with Gasteiger partial charge < -0.3 is 118 Å². The molecule has 359 valence electrons. The Hall–Kier alpha value is 0.959. The summed E-state index contributed by atoms with van der Waals surface area (Å²) in [5, 5.41) is 169. The van der Waals surface area contributed by atoms with Gasteiger partial charge in [-0.2, -0.15) is 20.6 Å². The van der Waals surface area contributed by atoms with Crippen LogP contribution in [0.15, 0.2) is 0 Å². The number of rotatable bonds is 24. The van der Waals surface area contributed by atoms with Crippen molar-refractivity contribution in [3.8, 4) is 0 Å². The average Bonchev–Trinajstić information content (AvgIpc) is 3.21. The standard InChI is InChI=1S/4C6H13NO3.4CNS.3CH4O.Cd.3Cr/c4*8-4-1-7(2-5-9)3-6-10;4*2-1-3;3*1-2;;;;/h4*8H,1-6H2;;;;;3*2H,1H3;;;;/q4*-2;4*-1;;;;+2;2*+4;+5. The maximum atomic E-state index is 10.1. The third-order valence-electron chi connectivity index (χ3n) is 4.93. The summed E-state index contributed by atoms with van der Waals surface area (Å²) in [5.41, 5.74) is 0. The summed E-state index contributed by atoms with van der Waals surface area (Å²) in [5.74, 6) is 0. The molecule has 0 aliphatic carbocycles. The molecule has 0 aliphatic heterocycles. The minimum absolute atomic E-state index is 0. The summed E-state index contributed by atoms with van der Waals surface area (Å²) in [7, 11) is 3.00. The van der Waals surface area contributed by atoms with Gasteiger partial charge in [0.05, 0.1) is 26.4 Å². The first kappa shape index (κ1) is 105. The van der Waals surface area contributed by atoms with Gasteiger partial charge in [-0.3, -0.25) is 0 Å². The summed E-state index contributed by atoms with van der Waals surface area (Å²) in [4.78, 5) is 6.67. The van der Waals surface area contributed by atoms with E-state index in [-0.39, 0.29) is 159 Å². The van der Waals surface area contributed by atoms with E-state index in [0.717, 1.165) is 21.3 Å². The van der Waals surface area contributed by atoms with E-state index < -0.39 is 0 Å². The molecule has 23 nitrogen and oxygen atoms in total. The van der Waals surface area contributed by atoms with Gasteiger partial charge in [-0.05, 0) is 52.4 Å². The Balaban J connectivity index is -0.0000000317. The number of aliphatic hydroxyl groups is 7. The smallest absolute Gasteiger partial charge is 0.854 e. The molecule has 0 atom stereocenters. The van der Waals surface area contributed by atoms with Crippen LogP contribution in [0.1, 0.15) is 0 Å². The number of isothiocyanates is 4. The molecule has 0 unspecified atom stereocenters. The number of thiocarbonyl (C=S) groups is 4. The molecule has 1 radical (unpaired) electrons. The van der Waals surface area contributed by atoms with Crippen LogP contribution < -0.4 is 40.9 Å². The number of aliphatic hydroxyl groups excluding tert-OH is 7. The van der Waals surface area contributed by atoms with E-state index in [1.54, 1.807) is 19.6 Å². The average molecular weight is 1190 g/mol. The second-order valence-corrected chi connectivity index (χ2v) is 8.99. The van der Waals surface area contributed by atoms with Crippen molar-refractivity contribution in [2.24, 2.45) is 0 Å². The molecule has 0 rings (SSSR count). The van der Waals surface area contributed by atoms with Crippen LogP contribution in [0.4, 0.5) is 0 Å². The maximum Gasteiger partial charge on any atom is 5.00 e. The van der Waals surface area contributed by atoms with Crippen LogP contribution in [0, 0.1) is 0 Å². The zero-order chi connectivity index (χ0) is 48.1. The van der Waals surface area contributed by atoms with Crippen molar-refractivity contribution in [2.45, 2.75) is 0 Å². The first-order valence-corrected chi connectivity index (χ1v) is 18.1. The van der Waals surface area contributed by atoms with Crippen molar-refractivity contribution in [3.63, 3.8) is 0 Å². The third kappa shape index (κ3) is 160. The van der Waals surface area contributed by atoms with Gasteiger partial charge in [0.2, 0.25) is 0 Å². The molecule has 0 aromatic rings. The van der Waals surface area contributed by atoms with E-state index in [4.69, 9.17) is 57.4 Å². The molecular weight excluding hydrogens is 1120 g/mol. The van der Waals surface area contributed by atoms with Gasteiger partial charge in [0.25, 0.3) is 0 Å². The predicted molar refractivity (Wildman–Crippen MR) is 221 cm³/mol. The van der Waals surface area contributed by atoms with Gasteiger partial charge in [0.15, 0.2) is 0 Å². The number of nitrogens with zero attached hydrogens (tertiary/aromatic N) is 8. The predicted octanol–water partition coefficient (Wildman–Crippen LogP) is -10.5. The van der Waals surface area contributed by atoms with Crippen LogP contribution in [-0.4, -0.2) is 255 Å². The fourth-order valence-corrected chi connectivity index (χ4v) is 2.94. The molecule has 62 heavy (non-hydrogen) atoms. The monoisotopic (exact) mass is 1190 g/mol. The molecule has 0 saturated heterocycles. The number of hydrogen-bond donors (Lipinski definition) is 7. The summed E-state index contributed by atoms with van der Waals surface area (Å²) in [6.07, 6.45) is 0. The van der Waals surface area contributed by atoms with Gasteiger partial charge >= 0.3 is 79.4 Å². The fraction of sp³-hybridized carbons (Fsp3) is 0.871. The Bertz CT molecular complexity index is 612. The Labute approximate surface area is 442 Å². The SMILES string of the molecule is CO.CO.CO.[Cd+2].[Cr+4].[Cr+4].[Cr+5].[N-]=C=S.[N-]=C=S.[N-]=C=S.[N-]=C=S.[O-]CCN(CC[O-])CCO.[O-]CCN(CC[O-])CCO.[O-]CCN(CC[O-])CCO.[O-]CCN(CC[O-])CCO. The summed E-state index contributed by atoms with van der Waals surface area (Å²) in [6.45, 7) is 3.04. The minimum atomic E-state index is -0.208. The van der Waals surface area contributed by atoms with Crippen LogP contribution >= 0.6 is 48.9 Å². The van der Waals surface area contributed by atoms with Crippen molar-refractivity contribution in [3.05, 3.63) is 21.6 Å². The largest absolute Gasteiger partial charge is 5.00 e. The first-order valence-electron chi connectivity index (χ1n) is 16.4. The Morgan fingerprint density at radius 2 is 0.419 bits per heavy atom. The fourth-order valence-electron chi connectivity index (χ4n) is 2.94. The molecule has 0 amide bonds. The molecule has 0 heterocycles. The topological polar surface area (TPSA) is 428 Å². The van der Waals surface area contributed by atoms with E-state index in [1.807, 2.05) is 0 Å². The summed E-state index contributed by atoms with van der Waals surface area (Å²) >= 11 is 14.8. The second-order valence-electron chi connectivity index (χ2n) is 8.26. The van der Waals surface area contributed by atoms with Crippen LogP contribution in [0.5, 0.6) is 0 Å². The van der Waals surface area contributed by atoms with Gasteiger partial charge in [-0.1, -0.05) is 48.9 Å². The molecule has 0 aliphatic rings. The van der Waals surface area contributed by atoms with E-state index in [1.165, 1.54) is 20.6 Å². The molecule has 0 saturated carbocycles. The second kappa shape index (κ2) is 137. The number of hydrogen-bond acceptors (Lipinski definition) is 23. The van der Waals surface area contributed by atoms with E-state index in [9.17, 15) is 40.9 Å². The van der Waals surface area contributed by atoms with Crippen LogP contribution in [0.25, 0.3) is 21.6 Å². The van der Waals surface area contributed by atoms with Crippen LogP contribution in [0.2, 0.25) is 0 Å². The summed E-state index contributed by atoms with van der Waals surface area (Å²) < 4.78 is 0. The quantitative estimate of drug-likeness (QED) is 0.0268. The molecule has 0 spiro atoms. The third-order valence-corrected chi connectivity index (χ3v) is 4.93. The minimum Gasteiger partial charge on any atom is -0.854 e. The van der Waals surface area contributed by atoms with Gasteiger partial charge in [0.1, 0.15) is 0 Å². The molecular formula is C31H64CdCr3N8O15S4+3. The van der Waals surface area contributed by atoms with E-state index >= 15 is 0 Å². The van der Waals surface area contributed by atoms with Gasteiger partial charge in [-0.25, -0.2) is 0 Å². The first-order chi connectivity index (χ1) is 28.0. The van der Waals surface area contributed by atoms with E-state index in [0.29, 0.717) is 78.5 Å². The normalized spacial score (nSPS) is 7.77. The Morgan fingerprint density at radius 1 is 0.339 bits per heavy atom. The Morgan fingerprint density at radius 3 is 0.468 bits per heavy atom. The van der Waals surface area contributed by atoms with Gasteiger partial charge in [0, 0.05) is 47.5 Å². The van der Waals surface area contributed by atoms with Crippen molar-refractivity contribution >= 4 is 69.5 Å². The molecule has 7 N–H and O–H groups in total. The van der Waals surface area contributed by atoms with E-state index in [2.05, 4.69) is 48.9 Å².